The van der Waals surface area contributed by atoms with Crippen LogP contribution >= 0.6 is 0 Å². The van der Waals surface area contributed by atoms with Gasteiger partial charge in [-0.15, -0.1) is 0 Å². The Morgan fingerprint density at radius 1 is 1.41 bits per heavy atom. The lowest BCUT2D eigenvalue weighted by Gasteiger charge is -2.29. The van der Waals surface area contributed by atoms with E-state index in [0.29, 0.717) is 0 Å². The Balaban J connectivity index is 2.33. The number of methoxy groups -OCH3 is 2. The van der Waals surface area contributed by atoms with Crippen LogP contribution in [-0.4, -0.2) is 20.2 Å². The smallest absolute Gasteiger partial charge is 0.310 e. The number of benzene rings is 1. The molecular formula is C13H17NO3. The molecule has 4 nitrogen and oxygen atoms in total. The normalized spacial score (nSPS) is 22.8. The van der Waals surface area contributed by atoms with E-state index in [1.54, 1.807) is 7.11 Å². The summed E-state index contributed by atoms with van der Waals surface area (Å²) in [6, 6.07) is 5.54. The minimum Gasteiger partial charge on any atom is -0.497 e. The van der Waals surface area contributed by atoms with Crippen molar-refractivity contribution in [2.45, 2.75) is 18.9 Å². The van der Waals surface area contributed by atoms with E-state index in [1.807, 2.05) is 18.2 Å². The van der Waals surface area contributed by atoms with E-state index >= 15 is 0 Å². The van der Waals surface area contributed by atoms with Gasteiger partial charge in [0.1, 0.15) is 5.75 Å². The van der Waals surface area contributed by atoms with Gasteiger partial charge in [-0.05, 0) is 36.1 Å². The van der Waals surface area contributed by atoms with Gasteiger partial charge in [0.05, 0.1) is 20.1 Å². The molecule has 0 saturated carbocycles. The SMILES string of the molecule is COC(=O)[C@H]1CCc2ccc(OC)cc2[C@H]1N. The Morgan fingerprint density at radius 3 is 2.82 bits per heavy atom. The molecule has 2 rings (SSSR count). The van der Waals surface area contributed by atoms with E-state index < -0.39 is 0 Å². The Labute approximate surface area is 101 Å². The number of hydrogen-bond donors (Lipinski definition) is 1. The van der Waals surface area contributed by atoms with Gasteiger partial charge in [0.2, 0.25) is 0 Å². The molecule has 2 N–H and O–H groups in total. The minimum absolute atomic E-state index is 0.231. The van der Waals surface area contributed by atoms with Crippen molar-refractivity contribution in [3.05, 3.63) is 29.3 Å². The van der Waals surface area contributed by atoms with Gasteiger partial charge in [0.25, 0.3) is 0 Å². The Hall–Kier alpha value is -1.55. The van der Waals surface area contributed by atoms with Crippen molar-refractivity contribution in [1.82, 2.24) is 0 Å². The van der Waals surface area contributed by atoms with Gasteiger partial charge in [-0.2, -0.15) is 0 Å². The first-order valence-electron chi connectivity index (χ1n) is 5.67. The van der Waals surface area contributed by atoms with E-state index in [-0.39, 0.29) is 17.9 Å². The zero-order valence-electron chi connectivity index (χ0n) is 10.1. The molecule has 2 atom stereocenters. The van der Waals surface area contributed by atoms with Crippen LogP contribution in [0.15, 0.2) is 18.2 Å². The predicted molar refractivity (Wildman–Crippen MR) is 63.7 cm³/mol. The molecule has 0 heterocycles. The van der Waals surface area contributed by atoms with E-state index in [2.05, 4.69) is 0 Å². The molecule has 0 saturated heterocycles. The monoisotopic (exact) mass is 235 g/mol. The molecule has 1 aliphatic rings. The zero-order valence-corrected chi connectivity index (χ0v) is 10.1. The second-order valence-corrected chi connectivity index (χ2v) is 4.26. The van der Waals surface area contributed by atoms with Crippen LogP contribution in [0.5, 0.6) is 5.75 Å². The maximum Gasteiger partial charge on any atom is 0.310 e. The third-order valence-electron chi connectivity index (χ3n) is 3.37. The standard InChI is InChI=1S/C13H17NO3/c1-16-9-5-3-8-4-6-10(13(15)17-2)12(14)11(8)7-9/h3,5,7,10,12H,4,6,14H2,1-2H3/t10-,12-/m0/s1. The molecule has 1 aromatic carbocycles. The Morgan fingerprint density at radius 2 is 2.18 bits per heavy atom. The van der Waals surface area contributed by atoms with E-state index in [4.69, 9.17) is 15.2 Å². The Bertz CT molecular complexity index is 431. The number of nitrogens with two attached hydrogens (primary N) is 1. The predicted octanol–water partition coefficient (Wildman–Crippen LogP) is 1.43. The number of carbonyl (C=O) groups is 1. The summed E-state index contributed by atoms with van der Waals surface area (Å²) in [7, 11) is 3.02. The molecule has 1 aliphatic carbocycles. The molecule has 0 spiro atoms. The van der Waals surface area contributed by atoms with Gasteiger partial charge in [-0.3, -0.25) is 4.79 Å². The maximum atomic E-state index is 11.6. The van der Waals surface area contributed by atoms with Gasteiger partial charge in [-0.1, -0.05) is 6.07 Å². The molecule has 0 aliphatic heterocycles. The van der Waals surface area contributed by atoms with Crippen LogP contribution in [0.25, 0.3) is 0 Å². The first-order valence-corrected chi connectivity index (χ1v) is 5.67. The van der Waals surface area contributed by atoms with Crippen molar-refractivity contribution in [2.75, 3.05) is 14.2 Å². The summed E-state index contributed by atoms with van der Waals surface area (Å²) in [5.74, 6) is 0.287. The molecule has 17 heavy (non-hydrogen) atoms. The molecule has 0 fully saturated rings. The first kappa shape index (κ1) is 11.9. The minimum atomic E-state index is -0.304. The second-order valence-electron chi connectivity index (χ2n) is 4.26. The van der Waals surface area contributed by atoms with Crippen molar-refractivity contribution in [3.8, 4) is 5.75 Å². The topological polar surface area (TPSA) is 61.5 Å². The number of rotatable bonds is 2. The number of ether oxygens (including phenoxy) is 2. The van der Waals surface area contributed by atoms with Crippen LogP contribution in [0.2, 0.25) is 0 Å². The number of esters is 1. The van der Waals surface area contributed by atoms with Gasteiger partial charge >= 0.3 is 5.97 Å². The molecular weight excluding hydrogens is 218 g/mol. The fraction of sp³-hybridized carbons (Fsp3) is 0.462. The van der Waals surface area contributed by atoms with Crippen molar-refractivity contribution in [1.29, 1.82) is 0 Å². The largest absolute Gasteiger partial charge is 0.497 e. The van der Waals surface area contributed by atoms with Crippen molar-refractivity contribution < 1.29 is 14.3 Å². The molecule has 0 radical (unpaired) electrons. The highest BCUT2D eigenvalue weighted by Crippen LogP contribution is 2.35. The third-order valence-corrected chi connectivity index (χ3v) is 3.37. The average molecular weight is 235 g/mol. The third kappa shape index (κ3) is 2.13. The Kier molecular flexibility index (Phi) is 3.33. The summed E-state index contributed by atoms with van der Waals surface area (Å²) in [4.78, 5) is 11.6. The van der Waals surface area contributed by atoms with E-state index in [9.17, 15) is 4.79 Å². The van der Waals surface area contributed by atoms with Crippen molar-refractivity contribution in [2.24, 2.45) is 11.7 Å². The number of fused-ring (bicyclic) bond motifs is 1. The highest BCUT2D eigenvalue weighted by atomic mass is 16.5. The van der Waals surface area contributed by atoms with E-state index in [0.717, 1.165) is 24.2 Å². The van der Waals surface area contributed by atoms with Crippen LogP contribution in [0, 0.1) is 5.92 Å². The molecule has 92 valence electrons. The fourth-order valence-corrected chi connectivity index (χ4v) is 2.36. The average Bonchev–Trinajstić information content (AvgIpc) is 2.38. The molecule has 1 aromatic rings. The van der Waals surface area contributed by atoms with E-state index in [1.165, 1.54) is 12.7 Å². The highest BCUT2D eigenvalue weighted by Gasteiger charge is 2.32. The molecule has 0 bridgehead atoms. The van der Waals surface area contributed by atoms with Crippen LogP contribution in [0.3, 0.4) is 0 Å². The van der Waals surface area contributed by atoms with Crippen LogP contribution in [0.4, 0.5) is 0 Å². The van der Waals surface area contributed by atoms with Crippen LogP contribution in [0.1, 0.15) is 23.6 Å². The number of carbonyl (C=O) groups excluding carboxylic acids is 1. The van der Waals surface area contributed by atoms with Crippen molar-refractivity contribution in [3.63, 3.8) is 0 Å². The second kappa shape index (κ2) is 4.75. The van der Waals surface area contributed by atoms with Gasteiger partial charge < -0.3 is 15.2 Å². The number of aryl methyl sites for hydroxylation is 1. The lowest BCUT2D eigenvalue weighted by atomic mass is 9.80. The zero-order chi connectivity index (χ0) is 12.4. The van der Waals surface area contributed by atoms with Crippen molar-refractivity contribution >= 4 is 5.97 Å². The van der Waals surface area contributed by atoms with Gasteiger partial charge in [-0.25, -0.2) is 0 Å². The lowest BCUT2D eigenvalue weighted by molar-refractivity contribution is -0.146. The lowest BCUT2D eigenvalue weighted by Crippen LogP contribution is -2.33. The maximum absolute atomic E-state index is 11.6. The highest BCUT2D eigenvalue weighted by molar-refractivity contribution is 5.74. The van der Waals surface area contributed by atoms with Gasteiger partial charge in [0, 0.05) is 6.04 Å². The summed E-state index contributed by atoms with van der Waals surface area (Å²) in [5, 5.41) is 0. The van der Waals surface area contributed by atoms with Crippen LogP contribution < -0.4 is 10.5 Å². The molecule has 4 heteroatoms. The molecule has 0 unspecified atom stereocenters. The quantitative estimate of drug-likeness (QED) is 0.788. The summed E-state index contributed by atoms with van der Waals surface area (Å²) in [6.45, 7) is 0. The number of hydrogen-bond acceptors (Lipinski definition) is 4. The first-order chi connectivity index (χ1) is 8.17. The van der Waals surface area contributed by atoms with Crippen LogP contribution in [-0.2, 0) is 16.0 Å². The molecule has 0 amide bonds. The van der Waals surface area contributed by atoms with Gasteiger partial charge in [0.15, 0.2) is 0 Å². The summed E-state index contributed by atoms with van der Waals surface area (Å²) in [6.07, 6.45) is 1.60. The molecule has 0 aromatic heterocycles. The summed E-state index contributed by atoms with van der Waals surface area (Å²) in [5.41, 5.74) is 8.32. The fourth-order valence-electron chi connectivity index (χ4n) is 2.36. The summed E-state index contributed by atoms with van der Waals surface area (Å²) < 4.78 is 9.96. The summed E-state index contributed by atoms with van der Waals surface area (Å²) >= 11 is 0.